The third kappa shape index (κ3) is 3.85. The van der Waals surface area contributed by atoms with E-state index < -0.39 is 6.04 Å². The van der Waals surface area contributed by atoms with Gasteiger partial charge in [0.2, 0.25) is 5.91 Å². The van der Waals surface area contributed by atoms with Crippen molar-refractivity contribution in [3.05, 3.63) is 72.8 Å². The highest BCUT2D eigenvalue weighted by Gasteiger charge is 2.39. The lowest BCUT2D eigenvalue weighted by Crippen LogP contribution is -2.34. The van der Waals surface area contributed by atoms with Crippen LogP contribution in [0.1, 0.15) is 6.42 Å². The van der Waals surface area contributed by atoms with Gasteiger partial charge in [0.15, 0.2) is 6.61 Å². The Balaban J connectivity index is 1.29. The predicted octanol–water partition coefficient (Wildman–Crippen LogP) is 3.55. The largest absolute Gasteiger partial charge is 0.482 e. The third-order valence-electron chi connectivity index (χ3n) is 5.17. The molecule has 32 heavy (non-hydrogen) atoms. The van der Waals surface area contributed by atoms with E-state index in [0.717, 1.165) is 0 Å². The first-order valence-corrected chi connectivity index (χ1v) is 10.1. The van der Waals surface area contributed by atoms with Crippen molar-refractivity contribution in [1.82, 2.24) is 0 Å². The maximum atomic E-state index is 13.0. The molecule has 8 nitrogen and oxygen atoms in total. The van der Waals surface area contributed by atoms with Crippen molar-refractivity contribution in [1.29, 1.82) is 0 Å². The number of para-hydroxylation sites is 1. The molecule has 0 radical (unpaired) electrons. The van der Waals surface area contributed by atoms with E-state index in [2.05, 4.69) is 10.6 Å². The zero-order valence-corrected chi connectivity index (χ0v) is 16.9. The quantitative estimate of drug-likeness (QED) is 0.602. The topological polar surface area (TPSA) is 97.0 Å². The van der Waals surface area contributed by atoms with Crippen molar-refractivity contribution in [2.24, 2.45) is 0 Å². The molecule has 2 N–H and O–H groups in total. The first kappa shape index (κ1) is 19.6. The van der Waals surface area contributed by atoms with Crippen molar-refractivity contribution in [3.8, 4) is 17.2 Å². The van der Waals surface area contributed by atoms with E-state index in [1.54, 1.807) is 42.5 Å². The summed E-state index contributed by atoms with van der Waals surface area (Å²) in [4.78, 5) is 38.3. The smallest absolute Gasteiger partial charge is 0.262 e. The number of hydrogen-bond donors (Lipinski definition) is 2. The van der Waals surface area contributed by atoms with Crippen molar-refractivity contribution in [3.63, 3.8) is 0 Å². The third-order valence-corrected chi connectivity index (χ3v) is 5.17. The molecule has 5 rings (SSSR count). The number of ether oxygens (including phenoxy) is 2. The lowest BCUT2D eigenvalue weighted by molar-refractivity contribution is -0.121. The summed E-state index contributed by atoms with van der Waals surface area (Å²) in [6.07, 6.45) is 0.0288. The van der Waals surface area contributed by atoms with Crippen LogP contribution in [0.25, 0.3) is 0 Å². The molecule has 2 aliphatic rings. The maximum Gasteiger partial charge on any atom is 0.262 e. The van der Waals surface area contributed by atoms with Crippen LogP contribution in [0.15, 0.2) is 72.8 Å². The van der Waals surface area contributed by atoms with Crippen LogP contribution in [0.2, 0.25) is 0 Å². The molecule has 1 unspecified atom stereocenters. The number of benzene rings is 3. The van der Waals surface area contributed by atoms with Gasteiger partial charge in [0.05, 0.1) is 17.8 Å². The summed E-state index contributed by atoms with van der Waals surface area (Å²) < 4.78 is 11.1. The second kappa shape index (κ2) is 8.07. The Morgan fingerprint density at radius 2 is 1.69 bits per heavy atom. The van der Waals surface area contributed by atoms with Gasteiger partial charge < -0.3 is 20.1 Å². The first-order chi connectivity index (χ1) is 15.6. The molecule has 2 heterocycles. The first-order valence-electron chi connectivity index (χ1n) is 10.1. The number of amides is 3. The standard InChI is InChI=1S/C24H19N3O5/c28-22-14-31-21-11-6-15(12-19(21)26-22)25-20-13-23(29)27(24(20)30)16-7-9-18(10-8-16)32-17-4-2-1-3-5-17/h1-12,20,25H,13-14H2,(H,26,28). The van der Waals surface area contributed by atoms with Crippen LogP contribution in [0.3, 0.4) is 0 Å². The fourth-order valence-electron chi connectivity index (χ4n) is 3.68. The van der Waals surface area contributed by atoms with Crippen LogP contribution in [0.5, 0.6) is 17.2 Å². The number of imide groups is 1. The van der Waals surface area contributed by atoms with E-state index in [4.69, 9.17) is 9.47 Å². The molecule has 3 aromatic carbocycles. The summed E-state index contributed by atoms with van der Waals surface area (Å²) in [6, 6.07) is 20.6. The molecule has 0 spiro atoms. The molecule has 3 amide bonds. The Kier molecular flexibility index (Phi) is 4.95. The SMILES string of the molecule is O=C1COc2ccc(NC3CC(=O)N(c4ccc(Oc5ccccc5)cc4)C3=O)cc2N1. The van der Waals surface area contributed by atoms with Crippen molar-refractivity contribution in [2.75, 3.05) is 22.1 Å². The molecule has 0 saturated carbocycles. The van der Waals surface area contributed by atoms with Gasteiger partial charge in [-0.2, -0.15) is 0 Å². The minimum atomic E-state index is -0.707. The zero-order valence-electron chi connectivity index (χ0n) is 16.9. The molecule has 0 bridgehead atoms. The van der Waals surface area contributed by atoms with Crippen molar-refractivity contribution >= 4 is 34.8 Å². The fourth-order valence-corrected chi connectivity index (χ4v) is 3.68. The Hall–Kier alpha value is -4.33. The Labute approximate surface area is 183 Å². The van der Waals surface area contributed by atoms with Crippen LogP contribution in [0, 0.1) is 0 Å². The molecule has 160 valence electrons. The second-order valence-electron chi connectivity index (χ2n) is 7.43. The van der Waals surface area contributed by atoms with Gasteiger partial charge in [-0.15, -0.1) is 0 Å². The molecule has 0 aliphatic carbocycles. The summed E-state index contributed by atoms with van der Waals surface area (Å²) in [7, 11) is 0. The van der Waals surface area contributed by atoms with E-state index in [0.29, 0.717) is 34.3 Å². The Morgan fingerprint density at radius 3 is 2.47 bits per heavy atom. The zero-order chi connectivity index (χ0) is 22.1. The summed E-state index contributed by atoms with van der Waals surface area (Å²) >= 11 is 0. The van der Waals surface area contributed by atoms with Crippen molar-refractivity contribution in [2.45, 2.75) is 12.5 Å². The number of anilines is 3. The van der Waals surface area contributed by atoms with Gasteiger partial charge in [0.25, 0.3) is 11.8 Å². The number of nitrogens with one attached hydrogen (secondary N) is 2. The molecular formula is C24H19N3O5. The molecule has 3 aromatic rings. The minimum absolute atomic E-state index is 0.0282. The van der Waals surface area contributed by atoms with Crippen LogP contribution in [0.4, 0.5) is 17.1 Å². The van der Waals surface area contributed by atoms with Gasteiger partial charge in [-0.05, 0) is 54.6 Å². The monoisotopic (exact) mass is 429 g/mol. The van der Waals surface area contributed by atoms with Crippen LogP contribution in [-0.4, -0.2) is 30.4 Å². The molecule has 1 atom stereocenters. The number of carbonyl (C=O) groups excluding carboxylic acids is 3. The normalized spacial score (nSPS) is 17.4. The van der Waals surface area contributed by atoms with Gasteiger partial charge in [-0.3, -0.25) is 14.4 Å². The number of hydrogen-bond acceptors (Lipinski definition) is 6. The van der Waals surface area contributed by atoms with Gasteiger partial charge >= 0.3 is 0 Å². The molecule has 0 aromatic heterocycles. The van der Waals surface area contributed by atoms with Crippen LogP contribution in [-0.2, 0) is 14.4 Å². The molecular weight excluding hydrogens is 410 g/mol. The van der Waals surface area contributed by atoms with Gasteiger partial charge in [0.1, 0.15) is 23.3 Å². The molecule has 2 aliphatic heterocycles. The lowest BCUT2D eigenvalue weighted by atomic mass is 10.2. The lowest BCUT2D eigenvalue weighted by Gasteiger charge is -2.20. The predicted molar refractivity (Wildman–Crippen MR) is 118 cm³/mol. The molecule has 1 fully saturated rings. The van der Waals surface area contributed by atoms with E-state index in [1.165, 1.54) is 4.90 Å². The number of rotatable bonds is 5. The summed E-state index contributed by atoms with van der Waals surface area (Å²) in [5.74, 6) is 0.983. The summed E-state index contributed by atoms with van der Waals surface area (Å²) in [6.45, 7) is -0.0282. The Morgan fingerprint density at radius 1 is 0.938 bits per heavy atom. The minimum Gasteiger partial charge on any atom is -0.482 e. The average Bonchev–Trinajstić information content (AvgIpc) is 3.07. The van der Waals surface area contributed by atoms with E-state index in [9.17, 15) is 14.4 Å². The van der Waals surface area contributed by atoms with Crippen molar-refractivity contribution < 1.29 is 23.9 Å². The highest BCUT2D eigenvalue weighted by molar-refractivity contribution is 6.23. The van der Waals surface area contributed by atoms with E-state index in [-0.39, 0.29) is 30.7 Å². The van der Waals surface area contributed by atoms with Crippen LogP contribution >= 0.6 is 0 Å². The summed E-state index contributed by atoms with van der Waals surface area (Å²) in [5.41, 5.74) is 1.61. The number of nitrogens with zero attached hydrogens (tertiary/aromatic N) is 1. The number of carbonyl (C=O) groups is 3. The van der Waals surface area contributed by atoms with Gasteiger partial charge in [0, 0.05) is 5.69 Å². The number of fused-ring (bicyclic) bond motifs is 1. The Bertz CT molecular complexity index is 1190. The molecule has 8 heteroatoms. The van der Waals surface area contributed by atoms with E-state index in [1.807, 2.05) is 30.3 Å². The molecule has 1 saturated heterocycles. The van der Waals surface area contributed by atoms with Crippen LogP contribution < -0.4 is 25.0 Å². The second-order valence-corrected chi connectivity index (χ2v) is 7.43. The van der Waals surface area contributed by atoms with Gasteiger partial charge in [-0.1, -0.05) is 18.2 Å². The maximum absolute atomic E-state index is 13.0. The van der Waals surface area contributed by atoms with E-state index >= 15 is 0 Å². The highest BCUT2D eigenvalue weighted by atomic mass is 16.5. The average molecular weight is 429 g/mol. The summed E-state index contributed by atoms with van der Waals surface area (Å²) in [5, 5.41) is 5.81. The van der Waals surface area contributed by atoms with Gasteiger partial charge in [-0.25, -0.2) is 4.90 Å². The fraction of sp³-hybridized carbons (Fsp3) is 0.125. The highest BCUT2D eigenvalue weighted by Crippen LogP contribution is 2.32.